The van der Waals surface area contributed by atoms with Gasteiger partial charge in [-0.3, -0.25) is 4.79 Å². The van der Waals surface area contributed by atoms with Gasteiger partial charge >= 0.3 is 0 Å². The largest absolute Gasteiger partial charge is 0.381 e. The van der Waals surface area contributed by atoms with Crippen molar-refractivity contribution < 1.29 is 9.53 Å². The van der Waals surface area contributed by atoms with Crippen LogP contribution in [0, 0.1) is 5.41 Å². The molecule has 0 bridgehead atoms. The summed E-state index contributed by atoms with van der Waals surface area (Å²) in [5.74, 6) is -0.0168. The number of hydrogen-bond donors (Lipinski definition) is 3. The lowest BCUT2D eigenvalue weighted by molar-refractivity contribution is -0.136. The van der Waals surface area contributed by atoms with Crippen LogP contribution in [-0.4, -0.2) is 32.2 Å². The Morgan fingerprint density at radius 2 is 1.83 bits per heavy atom. The Bertz CT molecular complexity index is 711. The van der Waals surface area contributed by atoms with E-state index in [-0.39, 0.29) is 11.9 Å². The van der Waals surface area contributed by atoms with E-state index in [2.05, 4.69) is 29.6 Å². The van der Waals surface area contributed by atoms with E-state index in [1.807, 2.05) is 18.2 Å². The van der Waals surface area contributed by atoms with E-state index < -0.39 is 5.41 Å². The topological polar surface area (TPSA) is 90.4 Å². The SMILES string of the molecule is NCC(NC(=O)C1(CN)CCOCC1)c1ccc2ccccc2c1. The highest BCUT2D eigenvalue weighted by atomic mass is 16.5. The van der Waals surface area contributed by atoms with E-state index >= 15 is 0 Å². The minimum Gasteiger partial charge on any atom is -0.381 e. The molecule has 24 heavy (non-hydrogen) atoms. The Morgan fingerprint density at radius 1 is 1.12 bits per heavy atom. The zero-order chi connectivity index (χ0) is 17.0. The highest BCUT2D eigenvalue weighted by molar-refractivity contribution is 5.85. The van der Waals surface area contributed by atoms with E-state index in [4.69, 9.17) is 16.2 Å². The standard InChI is InChI=1S/C19H25N3O2/c20-12-17(16-6-5-14-3-1-2-4-15(14)11-16)22-18(23)19(13-21)7-9-24-10-8-19/h1-6,11,17H,7-10,12-13,20-21H2,(H,22,23). The van der Waals surface area contributed by atoms with E-state index in [0.29, 0.717) is 39.1 Å². The van der Waals surface area contributed by atoms with E-state index in [1.165, 1.54) is 5.39 Å². The molecule has 1 amide bonds. The summed E-state index contributed by atoms with van der Waals surface area (Å²) in [7, 11) is 0. The van der Waals surface area contributed by atoms with E-state index in [0.717, 1.165) is 10.9 Å². The Labute approximate surface area is 142 Å². The summed E-state index contributed by atoms with van der Waals surface area (Å²) in [6.45, 7) is 1.83. The predicted octanol–water partition coefficient (Wildman–Crippen LogP) is 1.71. The van der Waals surface area contributed by atoms with Crippen molar-refractivity contribution in [3.05, 3.63) is 48.0 Å². The second-order valence-corrected chi connectivity index (χ2v) is 6.47. The summed E-state index contributed by atoms with van der Waals surface area (Å²) in [6.07, 6.45) is 1.31. The number of fused-ring (bicyclic) bond motifs is 1. The summed E-state index contributed by atoms with van der Waals surface area (Å²) >= 11 is 0. The van der Waals surface area contributed by atoms with E-state index in [1.54, 1.807) is 0 Å². The van der Waals surface area contributed by atoms with Crippen molar-refractivity contribution in [2.45, 2.75) is 18.9 Å². The van der Waals surface area contributed by atoms with Crippen LogP contribution in [0.25, 0.3) is 10.8 Å². The lowest BCUT2D eigenvalue weighted by Crippen LogP contribution is -2.50. The van der Waals surface area contributed by atoms with Crippen molar-refractivity contribution in [1.82, 2.24) is 5.32 Å². The molecule has 1 aliphatic heterocycles. The van der Waals surface area contributed by atoms with Crippen molar-refractivity contribution in [2.24, 2.45) is 16.9 Å². The van der Waals surface area contributed by atoms with Crippen LogP contribution in [-0.2, 0) is 9.53 Å². The number of hydrogen-bond acceptors (Lipinski definition) is 4. The molecule has 0 aromatic heterocycles. The molecule has 1 saturated heterocycles. The van der Waals surface area contributed by atoms with Gasteiger partial charge in [-0.2, -0.15) is 0 Å². The second kappa shape index (κ2) is 7.30. The number of benzene rings is 2. The quantitative estimate of drug-likeness (QED) is 0.780. The highest BCUT2D eigenvalue weighted by Crippen LogP contribution is 2.30. The second-order valence-electron chi connectivity index (χ2n) is 6.47. The van der Waals surface area contributed by atoms with Crippen molar-refractivity contribution >= 4 is 16.7 Å². The Morgan fingerprint density at radius 3 is 2.50 bits per heavy atom. The number of carbonyl (C=O) groups excluding carboxylic acids is 1. The molecule has 128 valence electrons. The van der Waals surface area contributed by atoms with Gasteiger partial charge in [0, 0.05) is 26.3 Å². The summed E-state index contributed by atoms with van der Waals surface area (Å²) in [6, 6.07) is 14.1. The Hall–Kier alpha value is -1.95. The molecule has 2 aromatic rings. The van der Waals surface area contributed by atoms with Gasteiger partial charge in [-0.05, 0) is 35.2 Å². The van der Waals surface area contributed by atoms with Gasteiger partial charge in [-0.15, -0.1) is 0 Å². The molecule has 1 unspecified atom stereocenters. The van der Waals surface area contributed by atoms with Crippen molar-refractivity contribution in [3.8, 4) is 0 Å². The minimum atomic E-state index is -0.539. The van der Waals surface area contributed by atoms with Crippen LogP contribution in [0.15, 0.2) is 42.5 Å². The van der Waals surface area contributed by atoms with E-state index in [9.17, 15) is 4.79 Å². The predicted molar refractivity (Wildman–Crippen MR) is 95.4 cm³/mol. The number of nitrogens with two attached hydrogens (primary N) is 2. The minimum absolute atomic E-state index is 0.0168. The van der Waals surface area contributed by atoms with Gasteiger partial charge in [0.15, 0.2) is 0 Å². The molecule has 1 atom stereocenters. The molecule has 5 N–H and O–H groups in total. The maximum absolute atomic E-state index is 12.9. The molecular weight excluding hydrogens is 302 g/mol. The Kier molecular flexibility index (Phi) is 5.14. The fourth-order valence-corrected chi connectivity index (χ4v) is 3.30. The molecule has 1 fully saturated rings. The Balaban J connectivity index is 1.81. The average Bonchev–Trinajstić information content (AvgIpc) is 2.66. The van der Waals surface area contributed by atoms with Gasteiger partial charge in [-0.1, -0.05) is 36.4 Å². The third kappa shape index (κ3) is 3.29. The first-order chi connectivity index (χ1) is 11.7. The summed E-state index contributed by atoms with van der Waals surface area (Å²) in [5.41, 5.74) is 12.3. The van der Waals surface area contributed by atoms with Gasteiger partial charge < -0.3 is 21.5 Å². The van der Waals surface area contributed by atoms with Gasteiger partial charge in [0.05, 0.1) is 11.5 Å². The molecule has 0 radical (unpaired) electrons. The molecular formula is C19H25N3O2. The molecule has 1 aliphatic rings. The number of carbonyl (C=O) groups is 1. The monoisotopic (exact) mass is 327 g/mol. The number of amides is 1. The van der Waals surface area contributed by atoms with Crippen LogP contribution < -0.4 is 16.8 Å². The van der Waals surface area contributed by atoms with Crippen LogP contribution >= 0.6 is 0 Å². The van der Waals surface area contributed by atoms with Crippen LogP contribution in [0.1, 0.15) is 24.4 Å². The van der Waals surface area contributed by atoms with Crippen molar-refractivity contribution in [3.63, 3.8) is 0 Å². The lowest BCUT2D eigenvalue weighted by Gasteiger charge is -2.35. The van der Waals surface area contributed by atoms with Gasteiger partial charge in [0.1, 0.15) is 0 Å². The summed E-state index contributed by atoms with van der Waals surface area (Å²) in [4.78, 5) is 12.9. The zero-order valence-electron chi connectivity index (χ0n) is 13.8. The maximum atomic E-state index is 12.9. The molecule has 0 spiro atoms. The van der Waals surface area contributed by atoms with Gasteiger partial charge in [-0.25, -0.2) is 0 Å². The number of rotatable bonds is 5. The summed E-state index contributed by atoms with van der Waals surface area (Å²) in [5, 5.41) is 5.42. The van der Waals surface area contributed by atoms with Crippen LogP contribution in [0.4, 0.5) is 0 Å². The van der Waals surface area contributed by atoms with Crippen LogP contribution in [0.3, 0.4) is 0 Å². The smallest absolute Gasteiger partial charge is 0.228 e. The lowest BCUT2D eigenvalue weighted by atomic mass is 9.79. The molecule has 0 saturated carbocycles. The summed E-state index contributed by atoms with van der Waals surface area (Å²) < 4.78 is 5.38. The fraction of sp³-hybridized carbons (Fsp3) is 0.421. The first-order valence-electron chi connectivity index (χ1n) is 8.46. The van der Waals surface area contributed by atoms with Crippen LogP contribution in [0.2, 0.25) is 0 Å². The maximum Gasteiger partial charge on any atom is 0.228 e. The first kappa shape index (κ1) is 16.9. The zero-order valence-corrected chi connectivity index (χ0v) is 13.8. The average molecular weight is 327 g/mol. The first-order valence-corrected chi connectivity index (χ1v) is 8.46. The van der Waals surface area contributed by atoms with Gasteiger partial charge in [0.25, 0.3) is 0 Å². The molecule has 3 rings (SSSR count). The highest BCUT2D eigenvalue weighted by Gasteiger charge is 2.39. The van der Waals surface area contributed by atoms with Gasteiger partial charge in [0.2, 0.25) is 5.91 Å². The normalized spacial score (nSPS) is 18.2. The third-order valence-electron chi connectivity index (χ3n) is 5.04. The molecule has 0 aliphatic carbocycles. The third-order valence-corrected chi connectivity index (χ3v) is 5.04. The molecule has 5 nitrogen and oxygen atoms in total. The van der Waals surface area contributed by atoms with Crippen molar-refractivity contribution in [2.75, 3.05) is 26.3 Å². The molecule has 5 heteroatoms. The number of ether oxygens (including phenoxy) is 1. The molecule has 1 heterocycles. The fourth-order valence-electron chi connectivity index (χ4n) is 3.30. The molecule has 2 aromatic carbocycles. The van der Waals surface area contributed by atoms with Crippen molar-refractivity contribution in [1.29, 1.82) is 0 Å². The number of nitrogens with one attached hydrogen (secondary N) is 1. The van der Waals surface area contributed by atoms with Crippen LogP contribution in [0.5, 0.6) is 0 Å².